The van der Waals surface area contributed by atoms with Crippen molar-refractivity contribution in [3.05, 3.63) is 54.7 Å². The minimum absolute atomic E-state index is 0.599. The van der Waals surface area contributed by atoms with E-state index in [-0.39, 0.29) is 0 Å². The highest BCUT2D eigenvalue weighted by atomic mass is 16.5. The van der Waals surface area contributed by atoms with Crippen molar-refractivity contribution in [2.45, 2.75) is 0 Å². The molecule has 13 heavy (non-hydrogen) atoms. The van der Waals surface area contributed by atoms with Crippen LogP contribution in [0.5, 0.6) is 11.6 Å². The molecule has 0 saturated carbocycles. The molecule has 0 unspecified atom stereocenters. The maximum Gasteiger partial charge on any atom is 0.219 e. The SMILES string of the molecule is [c]1cccc(Oc2ccccn2)c1. The Labute approximate surface area is 76.8 Å². The normalized spacial score (nSPS) is 9.54. The van der Waals surface area contributed by atoms with Crippen LogP contribution < -0.4 is 4.74 Å². The van der Waals surface area contributed by atoms with Crippen molar-refractivity contribution < 1.29 is 4.74 Å². The van der Waals surface area contributed by atoms with Crippen molar-refractivity contribution in [2.75, 3.05) is 0 Å². The van der Waals surface area contributed by atoms with Crippen LogP contribution in [0.15, 0.2) is 48.7 Å². The summed E-state index contributed by atoms with van der Waals surface area (Å²) in [4.78, 5) is 4.04. The minimum atomic E-state index is 0.599. The molecule has 2 rings (SSSR count). The van der Waals surface area contributed by atoms with Crippen LogP contribution in [0.25, 0.3) is 0 Å². The highest BCUT2D eigenvalue weighted by Crippen LogP contribution is 2.16. The first-order chi connectivity index (χ1) is 6.45. The number of hydrogen-bond acceptors (Lipinski definition) is 2. The number of aromatic nitrogens is 1. The van der Waals surface area contributed by atoms with E-state index < -0.39 is 0 Å². The van der Waals surface area contributed by atoms with Crippen molar-refractivity contribution in [2.24, 2.45) is 0 Å². The van der Waals surface area contributed by atoms with Gasteiger partial charge in [-0.1, -0.05) is 18.2 Å². The molecule has 0 aliphatic heterocycles. The van der Waals surface area contributed by atoms with Gasteiger partial charge in [-0.2, -0.15) is 0 Å². The fourth-order valence-electron chi connectivity index (χ4n) is 0.969. The number of ether oxygens (including phenoxy) is 1. The summed E-state index contributed by atoms with van der Waals surface area (Å²) in [6.45, 7) is 0. The highest BCUT2D eigenvalue weighted by Gasteiger charge is 1.94. The maximum atomic E-state index is 5.44. The molecule has 1 heterocycles. The monoisotopic (exact) mass is 170 g/mol. The third-order valence-electron chi connectivity index (χ3n) is 1.54. The highest BCUT2D eigenvalue weighted by molar-refractivity contribution is 5.25. The molecule has 1 aromatic carbocycles. The van der Waals surface area contributed by atoms with Gasteiger partial charge in [-0.05, 0) is 24.3 Å². The first-order valence-electron chi connectivity index (χ1n) is 4.00. The van der Waals surface area contributed by atoms with E-state index in [4.69, 9.17) is 4.74 Å². The fraction of sp³-hybridized carbons (Fsp3) is 0. The molecule has 2 heteroatoms. The van der Waals surface area contributed by atoms with Crippen molar-refractivity contribution in [3.63, 3.8) is 0 Å². The molecule has 1 aromatic heterocycles. The van der Waals surface area contributed by atoms with Gasteiger partial charge in [0.2, 0.25) is 5.88 Å². The summed E-state index contributed by atoms with van der Waals surface area (Å²) in [7, 11) is 0. The van der Waals surface area contributed by atoms with E-state index in [1.54, 1.807) is 12.3 Å². The third-order valence-corrected chi connectivity index (χ3v) is 1.54. The van der Waals surface area contributed by atoms with E-state index in [1.807, 2.05) is 36.4 Å². The summed E-state index contributed by atoms with van der Waals surface area (Å²) in [5, 5.41) is 0. The standard InChI is InChI=1S/C11H8NO/c1-2-6-10(7-3-1)13-11-8-4-5-9-12-11/h1-2,4-9H. The van der Waals surface area contributed by atoms with Gasteiger partial charge in [-0.15, -0.1) is 0 Å². The zero-order valence-electron chi connectivity index (χ0n) is 6.97. The molecule has 0 saturated heterocycles. The second-order valence-corrected chi connectivity index (χ2v) is 2.51. The first-order valence-corrected chi connectivity index (χ1v) is 4.00. The predicted octanol–water partition coefficient (Wildman–Crippen LogP) is 2.67. The van der Waals surface area contributed by atoms with Crippen LogP contribution in [0.4, 0.5) is 0 Å². The molecular weight excluding hydrogens is 162 g/mol. The summed E-state index contributed by atoms with van der Waals surface area (Å²) < 4.78 is 5.44. The summed E-state index contributed by atoms with van der Waals surface area (Å²) in [6, 6.07) is 15.8. The first kappa shape index (κ1) is 7.80. The second-order valence-electron chi connectivity index (χ2n) is 2.51. The molecule has 0 atom stereocenters. The van der Waals surface area contributed by atoms with E-state index in [2.05, 4.69) is 11.1 Å². The van der Waals surface area contributed by atoms with Crippen LogP contribution in [-0.2, 0) is 0 Å². The number of hydrogen-bond donors (Lipinski definition) is 0. The Morgan fingerprint density at radius 2 is 2.15 bits per heavy atom. The van der Waals surface area contributed by atoms with Gasteiger partial charge in [0.15, 0.2) is 0 Å². The van der Waals surface area contributed by atoms with Gasteiger partial charge in [-0.25, -0.2) is 4.98 Å². The van der Waals surface area contributed by atoms with Gasteiger partial charge < -0.3 is 4.74 Å². The molecule has 0 spiro atoms. The van der Waals surface area contributed by atoms with E-state index >= 15 is 0 Å². The summed E-state index contributed by atoms with van der Waals surface area (Å²) in [6.07, 6.45) is 1.70. The quantitative estimate of drug-likeness (QED) is 0.691. The smallest absolute Gasteiger partial charge is 0.219 e. The summed E-state index contributed by atoms with van der Waals surface area (Å²) in [5.41, 5.74) is 0. The molecule has 1 radical (unpaired) electrons. The van der Waals surface area contributed by atoms with Gasteiger partial charge in [0.05, 0.1) is 0 Å². The van der Waals surface area contributed by atoms with Gasteiger partial charge in [0.1, 0.15) is 5.75 Å². The van der Waals surface area contributed by atoms with Gasteiger partial charge >= 0.3 is 0 Å². The predicted molar refractivity (Wildman–Crippen MR) is 49.6 cm³/mol. The maximum absolute atomic E-state index is 5.44. The Kier molecular flexibility index (Phi) is 2.23. The molecule has 0 bridgehead atoms. The Morgan fingerprint density at radius 3 is 2.85 bits per heavy atom. The molecule has 2 nitrogen and oxygen atoms in total. The Balaban J connectivity index is 2.16. The number of rotatable bonds is 2. The van der Waals surface area contributed by atoms with Gasteiger partial charge in [0, 0.05) is 12.3 Å². The molecule has 0 amide bonds. The molecule has 0 N–H and O–H groups in total. The summed E-state index contributed by atoms with van der Waals surface area (Å²) >= 11 is 0. The van der Waals surface area contributed by atoms with Crippen LogP contribution >= 0.6 is 0 Å². The Hall–Kier alpha value is -1.83. The molecule has 0 aliphatic carbocycles. The topological polar surface area (TPSA) is 22.1 Å². The lowest BCUT2D eigenvalue weighted by molar-refractivity contribution is 0.463. The molecule has 63 valence electrons. The van der Waals surface area contributed by atoms with Crippen LogP contribution in [0.1, 0.15) is 0 Å². The van der Waals surface area contributed by atoms with E-state index in [1.165, 1.54) is 0 Å². The van der Waals surface area contributed by atoms with Gasteiger partial charge in [0.25, 0.3) is 0 Å². The number of nitrogens with zero attached hydrogens (tertiary/aromatic N) is 1. The number of benzene rings is 1. The van der Waals surface area contributed by atoms with Crippen molar-refractivity contribution >= 4 is 0 Å². The van der Waals surface area contributed by atoms with Crippen LogP contribution in [-0.4, -0.2) is 4.98 Å². The van der Waals surface area contributed by atoms with Crippen LogP contribution in [0.3, 0.4) is 0 Å². The van der Waals surface area contributed by atoms with Crippen LogP contribution in [0, 0.1) is 6.07 Å². The average molecular weight is 170 g/mol. The van der Waals surface area contributed by atoms with Crippen molar-refractivity contribution in [1.29, 1.82) is 0 Å². The van der Waals surface area contributed by atoms with Crippen molar-refractivity contribution in [1.82, 2.24) is 4.98 Å². The zero-order chi connectivity index (χ0) is 8.93. The van der Waals surface area contributed by atoms with E-state index in [0.717, 1.165) is 5.75 Å². The average Bonchev–Trinajstić information content (AvgIpc) is 2.21. The van der Waals surface area contributed by atoms with Crippen LogP contribution in [0.2, 0.25) is 0 Å². The Morgan fingerprint density at radius 1 is 1.15 bits per heavy atom. The lowest BCUT2D eigenvalue weighted by atomic mass is 10.3. The summed E-state index contributed by atoms with van der Waals surface area (Å²) in [5.74, 6) is 1.35. The zero-order valence-corrected chi connectivity index (χ0v) is 6.97. The molecule has 0 aliphatic rings. The number of pyridine rings is 1. The third kappa shape index (κ3) is 2.06. The lowest BCUT2D eigenvalue weighted by Gasteiger charge is -2.02. The van der Waals surface area contributed by atoms with Crippen molar-refractivity contribution in [3.8, 4) is 11.6 Å². The van der Waals surface area contributed by atoms with Gasteiger partial charge in [-0.3, -0.25) is 0 Å². The van der Waals surface area contributed by atoms with E-state index in [0.29, 0.717) is 5.88 Å². The minimum Gasteiger partial charge on any atom is -0.439 e. The Bertz CT molecular complexity index is 321. The van der Waals surface area contributed by atoms with E-state index in [9.17, 15) is 0 Å². The molecule has 0 fully saturated rings. The molecule has 2 aromatic rings. The second kappa shape index (κ2) is 3.72. The fourth-order valence-corrected chi connectivity index (χ4v) is 0.969. The molecular formula is C11H8NO. The lowest BCUT2D eigenvalue weighted by Crippen LogP contribution is -1.85. The largest absolute Gasteiger partial charge is 0.439 e.